The standard InChI is InChI=1S/C17H20N4O2/c1-2-11-21-16(22)9-8-15(19-21)17(23)20(14-6-7-14)12-13-5-3-4-10-18-13/h3-5,8-10,14H,2,6-7,11-12H2,1H3. The maximum absolute atomic E-state index is 12.8. The molecule has 0 aliphatic heterocycles. The summed E-state index contributed by atoms with van der Waals surface area (Å²) in [4.78, 5) is 30.7. The van der Waals surface area contributed by atoms with Crippen molar-refractivity contribution in [2.45, 2.75) is 45.3 Å². The molecular weight excluding hydrogens is 292 g/mol. The van der Waals surface area contributed by atoms with Crippen molar-refractivity contribution in [1.29, 1.82) is 0 Å². The predicted molar refractivity (Wildman–Crippen MR) is 85.9 cm³/mol. The van der Waals surface area contributed by atoms with E-state index < -0.39 is 0 Å². The Morgan fingerprint density at radius 2 is 2.13 bits per heavy atom. The maximum atomic E-state index is 12.8. The van der Waals surface area contributed by atoms with Crippen molar-refractivity contribution in [3.05, 3.63) is 58.3 Å². The highest BCUT2D eigenvalue weighted by Gasteiger charge is 2.34. The van der Waals surface area contributed by atoms with Crippen LogP contribution in [-0.4, -0.2) is 31.6 Å². The number of pyridine rings is 1. The van der Waals surface area contributed by atoms with Gasteiger partial charge in [0.25, 0.3) is 11.5 Å². The molecule has 0 aromatic carbocycles. The average molecular weight is 312 g/mol. The van der Waals surface area contributed by atoms with Gasteiger partial charge in [-0.05, 0) is 37.5 Å². The Bertz CT molecular complexity index is 738. The van der Waals surface area contributed by atoms with Gasteiger partial charge >= 0.3 is 0 Å². The Balaban J connectivity index is 1.84. The zero-order valence-corrected chi connectivity index (χ0v) is 13.2. The average Bonchev–Trinajstić information content (AvgIpc) is 3.40. The second kappa shape index (κ2) is 6.73. The topological polar surface area (TPSA) is 68.1 Å². The van der Waals surface area contributed by atoms with Gasteiger partial charge in [-0.15, -0.1) is 0 Å². The summed E-state index contributed by atoms with van der Waals surface area (Å²) < 4.78 is 1.36. The molecule has 0 radical (unpaired) electrons. The second-order valence-corrected chi connectivity index (χ2v) is 5.77. The fourth-order valence-electron chi connectivity index (χ4n) is 2.50. The molecule has 1 amide bonds. The number of hydrogen-bond donors (Lipinski definition) is 0. The van der Waals surface area contributed by atoms with E-state index in [-0.39, 0.29) is 17.5 Å². The van der Waals surface area contributed by atoms with Crippen LogP contribution < -0.4 is 5.56 Å². The monoisotopic (exact) mass is 312 g/mol. The number of carbonyl (C=O) groups is 1. The van der Waals surface area contributed by atoms with Crippen LogP contribution in [0.25, 0.3) is 0 Å². The summed E-state index contributed by atoms with van der Waals surface area (Å²) in [7, 11) is 0. The molecule has 0 saturated heterocycles. The van der Waals surface area contributed by atoms with Gasteiger partial charge in [0.1, 0.15) is 5.69 Å². The Morgan fingerprint density at radius 3 is 2.78 bits per heavy atom. The maximum Gasteiger partial charge on any atom is 0.274 e. The molecule has 2 heterocycles. The van der Waals surface area contributed by atoms with Crippen LogP contribution in [0, 0.1) is 0 Å². The summed E-state index contributed by atoms with van der Waals surface area (Å²) in [5.41, 5.74) is 1.00. The molecule has 2 aromatic rings. The van der Waals surface area contributed by atoms with Crippen molar-refractivity contribution in [1.82, 2.24) is 19.7 Å². The summed E-state index contributed by atoms with van der Waals surface area (Å²) in [6.07, 6.45) is 4.54. The molecule has 1 aliphatic rings. The lowest BCUT2D eigenvalue weighted by atomic mass is 10.2. The number of hydrogen-bond acceptors (Lipinski definition) is 4. The van der Waals surface area contributed by atoms with Gasteiger partial charge < -0.3 is 4.90 Å². The minimum absolute atomic E-state index is 0.136. The van der Waals surface area contributed by atoms with Gasteiger partial charge in [-0.2, -0.15) is 5.10 Å². The van der Waals surface area contributed by atoms with Gasteiger partial charge in [0, 0.05) is 24.8 Å². The third kappa shape index (κ3) is 3.64. The minimum Gasteiger partial charge on any atom is -0.328 e. The Hall–Kier alpha value is -2.50. The highest BCUT2D eigenvalue weighted by molar-refractivity contribution is 5.92. The van der Waals surface area contributed by atoms with Crippen LogP contribution in [0.15, 0.2) is 41.3 Å². The lowest BCUT2D eigenvalue weighted by molar-refractivity contribution is 0.0718. The molecule has 120 valence electrons. The van der Waals surface area contributed by atoms with Crippen LogP contribution in [0.5, 0.6) is 0 Å². The van der Waals surface area contributed by atoms with E-state index in [0.29, 0.717) is 18.8 Å². The van der Waals surface area contributed by atoms with Gasteiger partial charge in [0.05, 0.1) is 12.2 Å². The number of nitrogens with zero attached hydrogens (tertiary/aromatic N) is 4. The van der Waals surface area contributed by atoms with Crippen molar-refractivity contribution in [3.8, 4) is 0 Å². The molecule has 1 fully saturated rings. The molecule has 0 N–H and O–H groups in total. The smallest absolute Gasteiger partial charge is 0.274 e. The minimum atomic E-state index is -0.175. The Kier molecular flexibility index (Phi) is 4.50. The third-order valence-corrected chi connectivity index (χ3v) is 3.83. The molecule has 6 nitrogen and oxygen atoms in total. The van der Waals surface area contributed by atoms with E-state index in [4.69, 9.17) is 0 Å². The third-order valence-electron chi connectivity index (χ3n) is 3.83. The predicted octanol–water partition coefficient (Wildman–Crippen LogP) is 1.85. The highest BCUT2D eigenvalue weighted by atomic mass is 16.2. The van der Waals surface area contributed by atoms with E-state index in [0.717, 1.165) is 25.0 Å². The van der Waals surface area contributed by atoms with Gasteiger partial charge in [-0.25, -0.2) is 4.68 Å². The van der Waals surface area contributed by atoms with E-state index in [1.54, 1.807) is 6.20 Å². The number of carbonyl (C=O) groups excluding carboxylic acids is 1. The Labute approximate surface area is 134 Å². The zero-order chi connectivity index (χ0) is 16.2. The summed E-state index contributed by atoms with van der Waals surface area (Å²) in [5, 5.41) is 4.23. The van der Waals surface area contributed by atoms with E-state index in [2.05, 4.69) is 10.1 Å². The van der Waals surface area contributed by atoms with Crippen molar-refractivity contribution in [2.75, 3.05) is 0 Å². The molecule has 0 atom stereocenters. The van der Waals surface area contributed by atoms with E-state index in [1.165, 1.54) is 16.8 Å². The lowest BCUT2D eigenvalue weighted by Gasteiger charge is -2.21. The molecule has 6 heteroatoms. The lowest BCUT2D eigenvalue weighted by Crippen LogP contribution is -2.35. The first kappa shape index (κ1) is 15.4. The van der Waals surface area contributed by atoms with Gasteiger partial charge in [-0.3, -0.25) is 14.6 Å². The molecule has 0 unspecified atom stereocenters. The first-order valence-corrected chi connectivity index (χ1v) is 7.98. The van der Waals surface area contributed by atoms with Crippen LogP contribution in [0.3, 0.4) is 0 Å². The highest BCUT2D eigenvalue weighted by Crippen LogP contribution is 2.29. The first-order chi connectivity index (χ1) is 11.2. The first-order valence-electron chi connectivity index (χ1n) is 7.98. The normalized spacial score (nSPS) is 13.8. The van der Waals surface area contributed by atoms with Crippen LogP contribution in [0.1, 0.15) is 42.4 Å². The number of aryl methyl sites for hydroxylation is 1. The quantitative estimate of drug-likeness (QED) is 0.816. The molecule has 2 aromatic heterocycles. The summed E-state index contributed by atoms with van der Waals surface area (Å²) in [6.45, 7) is 2.96. The molecule has 23 heavy (non-hydrogen) atoms. The van der Waals surface area contributed by atoms with Gasteiger partial charge in [0.15, 0.2) is 0 Å². The number of rotatable bonds is 6. The van der Waals surface area contributed by atoms with Crippen LogP contribution in [0.2, 0.25) is 0 Å². The fourth-order valence-corrected chi connectivity index (χ4v) is 2.50. The van der Waals surface area contributed by atoms with Crippen LogP contribution >= 0.6 is 0 Å². The number of amides is 1. The van der Waals surface area contributed by atoms with Gasteiger partial charge in [0.2, 0.25) is 0 Å². The second-order valence-electron chi connectivity index (χ2n) is 5.77. The van der Waals surface area contributed by atoms with Gasteiger partial charge in [-0.1, -0.05) is 13.0 Å². The van der Waals surface area contributed by atoms with E-state index in [1.807, 2.05) is 30.0 Å². The van der Waals surface area contributed by atoms with Crippen molar-refractivity contribution < 1.29 is 4.79 Å². The molecule has 0 bridgehead atoms. The van der Waals surface area contributed by atoms with Crippen LogP contribution in [-0.2, 0) is 13.1 Å². The largest absolute Gasteiger partial charge is 0.328 e. The van der Waals surface area contributed by atoms with Crippen molar-refractivity contribution in [2.24, 2.45) is 0 Å². The van der Waals surface area contributed by atoms with Crippen molar-refractivity contribution in [3.63, 3.8) is 0 Å². The number of aromatic nitrogens is 3. The molecule has 0 spiro atoms. The molecule has 1 aliphatic carbocycles. The molecule has 3 rings (SSSR count). The van der Waals surface area contributed by atoms with Crippen LogP contribution in [0.4, 0.5) is 0 Å². The molecule has 1 saturated carbocycles. The SMILES string of the molecule is CCCn1nc(C(=O)N(Cc2ccccn2)C2CC2)ccc1=O. The zero-order valence-electron chi connectivity index (χ0n) is 13.2. The molecular formula is C17H20N4O2. The Morgan fingerprint density at radius 1 is 1.30 bits per heavy atom. The van der Waals surface area contributed by atoms with E-state index in [9.17, 15) is 9.59 Å². The summed E-state index contributed by atoms with van der Waals surface area (Å²) in [5.74, 6) is -0.136. The fraction of sp³-hybridized carbons (Fsp3) is 0.412. The van der Waals surface area contributed by atoms with E-state index >= 15 is 0 Å². The van der Waals surface area contributed by atoms with Crippen molar-refractivity contribution >= 4 is 5.91 Å². The summed E-state index contributed by atoms with van der Waals surface area (Å²) in [6, 6.07) is 8.87. The summed E-state index contributed by atoms with van der Waals surface area (Å²) >= 11 is 0.